The second-order valence-corrected chi connectivity index (χ2v) is 5.03. The molecule has 1 aliphatic heterocycles. The van der Waals surface area contributed by atoms with Crippen molar-refractivity contribution in [3.05, 3.63) is 0 Å². The van der Waals surface area contributed by atoms with E-state index >= 15 is 0 Å². The van der Waals surface area contributed by atoms with E-state index in [1.807, 2.05) is 0 Å². The van der Waals surface area contributed by atoms with E-state index in [4.69, 9.17) is 0 Å². The first kappa shape index (κ1) is 8.85. The summed E-state index contributed by atoms with van der Waals surface area (Å²) in [4.78, 5) is 5.01. The molecule has 1 aliphatic carbocycles. The summed E-state index contributed by atoms with van der Waals surface area (Å²) in [6, 6.07) is 0. The smallest absolute Gasteiger partial charge is 0.0505 e. The first-order chi connectivity index (χ1) is 5.64. The Hall–Kier alpha value is 0.270. The van der Waals surface area contributed by atoms with E-state index < -0.39 is 0 Å². The molecule has 0 aromatic rings. The Labute approximate surface area is 80.3 Å². The number of nitrogens with zero attached hydrogens (tertiary/aromatic N) is 2. The molecule has 1 saturated heterocycles. The molecule has 1 unspecified atom stereocenters. The molecular weight excluding hydrogens is 168 g/mol. The van der Waals surface area contributed by atoms with Crippen molar-refractivity contribution in [2.24, 2.45) is 0 Å². The van der Waals surface area contributed by atoms with Gasteiger partial charge in [-0.05, 0) is 26.8 Å². The van der Waals surface area contributed by atoms with E-state index in [1.165, 1.54) is 32.5 Å². The van der Waals surface area contributed by atoms with E-state index in [-0.39, 0.29) is 0 Å². The predicted octanol–water partition coefficient (Wildman–Crippen LogP) is 1.04. The van der Waals surface area contributed by atoms with Gasteiger partial charge in [-0.25, -0.2) is 0 Å². The fraction of sp³-hybridized carbons (Fsp3) is 1.00. The van der Waals surface area contributed by atoms with Gasteiger partial charge in [-0.1, -0.05) is 0 Å². The summed E-state index contributed by atoms with van der Waals surface area (Å²) in [6.07, 6.45) is 2.75. The molecule has 0 bridgehead atoms. The summed E-state index contributed by atoms with van der Waals surface area (Å²) in [5, 5.41) is 0.432. The maximum Gasteiger partial charge on any atom is 0.0505 e. The summed E-state index contributed by atoms with van der Waals surface area (Å²) in [5.41, 5.74) is 0.522. The van der Waals surface area contributed by atoms with E-state index in [0.29, 0.717) is 10.9 Å². The molecule has 2 rings (SSSR count). The fourth-order valence-electron chi connectivity index (χ4n) is 2.36. The maximum absolute atomic E-state index is 4.53. The Morgan fingerprint density at radius 1 is 1.33 bits per heavy atom. The summed E-state index contributed by atoms with van der Waals surface area (Å²) in [5.74, 6) is 0. The van der Waals surface area contributed by atoms with Crippen LogP contribution in [0.2, 0.25) is 0 Å². The highest BCUT2D eigenvalue weighted by atomic mass is 32.1. The third-order valence-electron chi connectivity index (χ3n) is 3.17. The van der Waals surface area contributed by atoms with Crippen molar-refractivity contribution in [1.82, 2.24) is 9.80 Å². The Morgan fingerprint density at radius 2 is 2.00 bits per heavy atom. The quantitative estimate of drug-likeness (QED) is 0.611. The van der Waals surface area contributed by atoms with Crippen molar-refractivity contribution >= 4 is 12.6 Å². The Morgan fingerprint density at radius 3 is 2.50 bits per heavy atom. The molecule has 1 saturated carbocycles. The van der Waals surface area contributed by atoms with E-state index in [0.717, 1.165) is 0 Å². The van der Waals surface area contributed by atoms with Gasteiger partial charge >= 0.3 is 0 Å². The number of piperazine rings is 1. The second kappa shape index (κ2) is 2.89. The van der Waals surface area contributed by atoms with Crippen molar-refractivity contribution in [1.29, 1.82) is 0 Å². The van der Waals surface area contributed by atoms with Crippen LogP contribution in [0.1, 0.15) is 19.8 Å². The molecule has 1 heterocycles. The Kier molecular flexibility index (Phi) is 2.13. The normalized spacial score (nSPS) is 32.2. The highest BCUT2D eigenvalue weighted by molar-refractivity contribution is 7.80. The highest BCUT2D eigenvalue weighted by Gasteiger charge is 2.51. The van der Waals surface area contributed by atoms with Gasteiger partial charge in [0.05, 0.1) is 5.37 Å². The number of likely N-dealkylation sites (N-methyl/N-ethyl adjacent to an activating group) is 1. The molecule has 2 aliphatic rings. The number of thiol groups is 1. The Balaban J connectivity index is 2.05. The third-order valence-corrected chi connectivity index (χ3v) is 3.45. The minimum Gasteiger partial charge on any atom is -0.303 e. The molecule has 12 heavy (non-hydrogen) atoms. The molecule has 0 aromatic carbocycles. The van der Waals surface area contributed by atoms with Crippen LogP contribution in [0.4, 0.5) is 0 Å². The Bertz CT molecular complexity index is 177. The summed E-state index contributed by atoms with van der Waals surface area (Å²) >= 11 is 4.53. The second-order valence-electron chi connectivity index (χ2n) is 4.29. The van der Waals surface area contributed by atoms with Crippen LogP contribution in [0.25, 0.3) is 0 Å². The van der Waals surface area contributed by atoms with Gasteiger partial charge in [0.2, 0.25) is 0 Å². The lowest BCUT2D eigenvalue weighted by Gasteiger charge is -2.42. The number of hydrogen-bond donors (Lipinski definition) is 1. The first-order valence-corrected chi connectivity index (χ1v) is 5.29. The third kappa shape index (κ3) is 1.38. The molecule has 0 aromatic heterocycles. The van der Waals surface area contributed by atoms with E-state index in [2.05, 4.69) is 36.4 Å². The summed E-state index contributed by atoms with van der Waals surface area (Å²) in [7, 11) is 2.22. The van der Waals surface area contributed by atoms with Gasteiger partial charge in [0, 0.05) is 25.2 Å². The van der Waals surface area contributed by atoms with Crippen molar-refractivity contribution in [3.63, 3.8) is 0 Å². The number of rotatable bonds is 1. The van der Waals surface area contributed by atoms with Crippen LogP contribution in [0.5, 0.6) is 0 Å². The van der Waals surface area contributed by atoms with Crippen LogP contribution in [0.15, 0.2) is 0 Å². The average Bonchev–Trinajstić information content (AvgIpc) is 2.68. The zero-order valence-corrected chi connectivity index (χ0v) is 8.85. The molecule has 70 valence electrons. The molecule has 0 amide bonds. The van der Waals surface area contributed by atoms with E-state index in [9.17, 15) is 0 Å². The number of hydrogen-bond acceptors (Lipinski definition) is 3. The van der Waals surface area contributed by atoms with Crippen LogP contribution in [0.3, 0.4) is 0 Å². The molecule has 2 nitrogen and oxygen atoms in total. The summed E-state index contributed by atoms with van der Waals surface area (Å²) in [6.45, 7) is 5.83. The lowest BCUT2D eigenvalue weighted by Crippen LogP contribution is -2.55. The van der Waals surface area contributed by atoms with Gasteiger partial charge in [-0.15, -0.1) is 0 Å². The molecular formula is C9H18N2S. The average molecular weight is 186 g/mol. The molecule has 1 spiro atoms. The van der Waals surface area contributed by atoms with Crippen molar-refractivity contribution in [2.45, 2.75) is 30.7 Å². The highest BCUT2D eigenvalue weighted by Crippen LogP contribution is 2.45. The van der Waals surface area contributed by atoms with Gasteiger partial charge in [0.15, 0.2) is 0 Å². The molecule has 0 radical (unpaired) electrons. The fourth-order valence-corrected chi connectivity index (χ4v) is 2.72. The van der Waals surface area contributed by atoms with Crippen LogP contribution < -0.4 is 0 Å². The first-order valence-electron chi connectivity index (χ1n) is 4.77. The largest absolute Gasteiger partial charge is 0.303 e. The molecule has 3 heteroatoms. The van der Waals surface area contributed by atoms with Crippen molar-refractivity contribution in [3.8, 4) is 0 Å². The lowest BCUT2D eigenvalue weighted by atomic mass is 10.1. The van der Waals surface area contributed by atoms with Crippen molar-refractivity contribution < 1.29 is 0 Å². The maximum atomic E-state index is 4.53. The van der Waals surface area contributed by atoms with Gasteiger partial charge in [-0.3, -0.25) is 4.90 Å². The minimum absolute atomic E-state index is 0.432. The summed E-state index contributed by atoms with van der Waals surface area (Å²) < 4.78 is 0. The van der Waals surface area contributed by atoms with Gasteiger partial charge in [0.1, 0.15) is 0 Å². The van der Waals surface area contributed by atoms with E-state index in [1.54, 1.807) is 0 Å². The van der Waals surface area contributed by atoms with Crippen LogP contribution >= 0.6 is 12.6 Å². The van der Waals surface area contributed by atoms with Gasteiger partial charge in [-0.2, -0.15) is 12.6 Å². The zero-order chi connectivity index (χ0) is 8.77. The van der Waals surface area contributed by atoms with Crippen LogP contribution in [-0.4, -0.2) is 47.4 Å². The monoisotopic (exact) mass is 186 g/mol. The topological polar surface area (TPSA) is 6.48 Å². The minimum atomic E-state index is 0.432. The zero-order valence-electron chi connectivity index (χ0n) is 7.95. The lowest BCUT2D eigenvalue weighted by molar-refractivity contribution is 0.0696. The van der Waals surface area contributed by atoms with Crippen LogP contribution in [-0.2, 0) is 0 Å². The SMILES string of the molecule is CC(S)N1CCN(C)CC12CC2. The molecule has 2 fully saturated rings. The molecule has 1 atom stereocenters. The molecule has 0 N–H and O–H groups in total. The van der Waals surface area contributed by atoms with Gasteiger partial charge < -0.3 is 4.90 Å². The standard InChI is InChI=1S/C9H18N2S/c1-8(12)11-6-5-10(2)7-9(11)3-4-9/h8,12H,3-7H2,1-2H3. The predicted molar refractivity (Wildman–Crippen MR) is 54.6 cm³/mol. The van der Waals surface area contributed by atoms with Gasteiger partial charge in [0.25, 0.3) is 0 Å². The van der Waals surface area contributed by atoms with Crippen molar-refractivity contribution in [2.75, 3.05) is 26.7 Å². The van der Waals surface area contributed by atoms with Crippen LogP contribution in [0, 0.1) is 0 Å².